The molecule has 0 aliphatic carbocycles. The smallest absolute Gasteiger partial charge is 0.128 e. The van der Waals surface area contributed by atoms with Crippen LogP contribution in [0.25, 0.3) is 0 Å². The first kappa shape index (κ1) is 15.0. The molecule has 1 aliphatic rings. The second-order valence-corrected chi connectivity index (χ2v) is 4.77. The maximum atomic E-state index is 2.32. The van der Waals surface area contributed by atoms with Gasteiger partial charge in [0, 0.05) is 0 Å². The van der Waals surface area contributed by atoms with Crippen molar-refractivity contribution in [3.8, 4) is 0 Å². The summed E-state index contributed by atoms with van der Waals surface area (Å²) in [4.78, 5) is 0. The molecule has 0 radical (unpaired) electrons. The summed E-state index contributed by atoms with van der Waals surface area (Å²) in [5.41, 5.74) is 0. The molecule has 1 heterocycles. The Morgan fingerprint density at radius 2 is 0.750 bits per heavy atom. The Morgan fingerprint density at radius 3 is 0.917 bits per heavy atom. The van der Waals surface area contributed by atoms with E-state index < -0.39 is 0 Å². The molecule has 0 unspecified atom stereocenters. The summed E-state index contributed by atoms with van der Waals surface area (Å²) >= 11 is 0. The van der Waals surface area contributed by atoms with Gasteiger partial charge in [0.1, 0.15) is 26.2 Å². The van der Waals surface area contributed by atoms with Crippen LogP contribution in [-0.2, 0) is 0 Å². The van der Waals surface area contributed by atoms with Gasteiger partial charge in [-0.2, -0.15) is 0 Å². The quantitative estimate of drug-likeness (QED) is 0.353. The van der Waals surface area contributed by atoms with Crippen molar-refractivity contribution < 1.29 is 33.8 Å². The van der Waals surface area contributed by atoms with Crippen LogP contribution in [0.1, 0.15) is 0 Å². The van der Waals surface area contributed by atoms with Crippen molar-refractivity contribution in [1.82, 2.24) is 0 Å². The Labute approximate surface area is 88.5 Å². The van der Waals surface area contributed by atoms with E-state index in [4.69, 9.17) is 0 Å². The summed E-state index contributed by atoms with van der Waals surface area (Å²) in [5, 5.41) is 0. The molecule has 1 rings (SSSR count). The number of quaternary nitrogens is 2. The molecule has 1 aliphatic heterocycles. The summed E-state index contributed by atoms with van der Waals surface area (Å²) in [6.07, 6.45) is 0. The van der Waals surface area contributed by atoms with E-state index >= 15 is 0 Å². The van der Waals surface area contributed by atoms with E-state index in [2.05, 4.69) is 28.2 Å². The Bertz CT molecular complexity index is 107. The molecule has 0 amide bonds. The Hall–Kier alpha value is 0.500. The molecule has 0 saturated carbocycles. The van der Waals surface area contributed by atoms with Crippen LogP contribution in [0, 0.1) is 0 Å². The van der Waals surface area contributed by atoms with Gasteiger partial charge in [0.2, 0.25) is 0 Å². The van der Waals surface area contributed by atoms with E-state index in [-0.39, 0.29) is 24.8 Å². The van der Waals surface area contributed by atoms with Gasteiger partial charge in [0.15, 0.2) is 0 Å². The van der Waals surface area contributed by atoms with Crippen LogP contribution in [0.3, 0.4) is 0 Å². The summed E-state index contributed by atoms with van der Waals surface area (Å²) in [7, 11) is 9.27. The molecular formula is C8H20Cl2N2. The number of likely N-dealkylation sites (N-methyl/N-ethyl adjacent to an activating group) is 2. The van der Waals surface area contributed by atoms with Crippen molar-refractivity contribution in [3.05, 3.63) is 0 Å². The third-order valence-electron chi connectivity index (χ3n) is 2.62. The van der Waals surface area contributed by atoms with Crippen molar-refractivity contribution in [2.75, 3.05) is 54.4 Å². The topological polar surface area (TPSA) is 0 Å². The van der Waals surface area contributed by atoms with Gasteiger partial charge in [-0.15, -0.1) is 0 Å². The highest BCUT2D eigenvalue weighted by atomic mass is 35.5. The van der Waals surface area contributed by atoms with Crippen LogP contribution < -0.4 is 24.8 Å². The minimum atomic E-state index is 0. The maximum absolute atomic E-state index is 2.32. The van der Waals surface area contributed by atoms with Gasteiger partial charge in [-0.05, 0) is 0 Å². The first-order valence-corrected chi connectivity index (χ1v) is 4.05. The van der Waals surface area contributed by atoms with Gasteiger partial charge in [0.25, 0.3) is 0 Å². The first-order chi connectivity index (χ1) is 4.41. The van der Waals surface area contributed by atoms with Crippen molar-refractivity contribution in [3.63, 3.8) is 0 Å². The molecule has 1 saturated heterocycles. The van der Waals surface area contributed by atoms with E-state index in [1.54, 1.807) is 0 Å². The van der Waals surface area contributed by atoms with Gasteiger partial charge >= 0.3 is 0 Å². The van der Waals surface area contributed by atoms with Crippen LogP contribution in [-0.4, -0.2) is 63.3 Å². The molecule has 0 aromatic rings. The fourth-order valence-corrected chi connectivity index (χ4v) is 1.31. The normalized spacial score (nSPS) is 25.0. The van der Waals surface area contributed by atoms with Crippen molar-refractivity contribution in [2.24, 2.45) is 0 Å². The van der Waals surface area contributed by atoms with Gasteiger partial charge in [-0.25, -0.2) is 0 Å². The van der Waals surface area contributed by atoms with E-state index in [1.165, 1.54) is 35.1 Å². The van der Waals surface area contributed by atoms with Crippen molar-refractivity contribution in [1.29, 1.82) is 0 Å². The van der Waals surface area contributed by atoms with Crippen LogP contribution in [0.2, 0.25) is 0 Å². The van der Waals surface area contributed by atoms with Gasteiger partial charge < -0.3 is 33.8 Å². The predicted octanol–water partition coefficient (Wildman–Crippen LogP) is -5.84. The van der Waals surface area contributed by atoms with E-state index in [9.17, 15) is 0 Å². The second-order valence-electron chi connectivity index (χ2n) is 4.77. The molecule has 0 N–H and O–H groups in total. The number of nitrogens with zero attached hydrogens (tertiary/aromatic N) is 2. The van der Waals surface area contributed by atoms with Crippen LogP contribution in [0.15, 0.2) is 0 Å². The summed E-state index contributed by atoms with van der Waals surface area (Å²) in [6.45, 7) is 5.31. The lowest BCUT2D eigenvalue weighted by molar-refractivity contribution is -0.998. The Kier molecular flexibility index (Phi) is 5.82. The third kappa shape index (κ3) is 4.51. The second kappa shape index (κ2) is 4.66. The molecule has 0 aromatic carbocycles. The van der Waals surface area contributed by atoms with E-state index in [1.807, 2.05) is 0 Å². The largest absolute Gasteiger partial charge is 1.00 e. The summed E-state index contributed by atoms with van der Waals surface area (Å²) < 4.78 is 2.42. The standard InChI is InChI=1S/C8H20N2.2ClH/c1-9(2)5-7-10(3,4)8-6-9;;/h5-8H2,1-4H3;2*1H/q+2;;/p-2. The molecule has 0 atom stereocenters. The van der Waals surface area contributed by atoms with Crippen LogP contribution in [0.4, 0.5) is 0 Å². The molecule has 4 heteroatoms. The fourth-order valence-electron chi connectivity index (χ4n) is 1.31. The van der Waals surface area contributed by atoms with Gasteiger partial charge in [-0.1, -0.05) is 0 Å². The highest BCUT2D eigenvalue weighted by Gasteiger charge is 2.30. The molecule has 12 heavy (non-hydrogen) atoms. The molecule has 76 valence electrons. The number of hydrogen-bond donors (Lipinski definition) is 0. The minimum Gasteiger partial charge on any atom is -1.00 e. The number of halogens is 2. The lowest BCUT2D eigenvalue weighted by Gasteiger charge is -2.42. The average Bonchev–Trinajstić information content (AvgIpc) is 1.79. The Balaban J connectivity index is 0. The first-order valence-electron chi connectivity index (χ1n) is 4.05. The number of hydrogen-bond acceptors (Lipinski definition) is 0. The average molecular weight is 215 g/mol. The molecular weight excluding hydrogens is 195 g/mol. The van der Waals surface area contributed by atoms with Crippen molar-refractivity contribution in [2.45, 2.75) is 0 Å². The highest BCUT2D eigenvalue weighted by Crippen LogP contribution is 2.09. The van der Waals surface area contributed by atoms with Gasteiger partial charge in [0.05, 0.1) is 28.2 Å². The number of piperazine rings is 1. The predicted molar refractivity (Wildman–Crippen MR) is 43.7 cm³/mol. The molecule has 2 nitrogen and oxygen atoms in total. The zero-order chi connectivity index (χ0) is 7.83. The maximum Gasteiger partial charge on any atom is 0.128 e. The zero-order valence-electron chi connectivity index (χ0n) is 8.48. The van der Waals surface area contributed by atoms with Crippen molar-refractivity contribution >= 4 is 0 Å². The fraction of sp³-hybridized carbons (Fsp3) is 1.00. The third-order valence-corrected chi connectivity index (χ3v) is 2.62. The molecule has 1 fully saturated rings. The lowest BCUT2D eigenvalue weighted by atomic mass is 10.2. The summed E-state index contributed by atoms with van der Waals surface area (Å²) in [5.74, 6) is 0. The lowest BCUT2D eigenvalue weighted by Crippen LogP contribution is -3.00. The Morgan fingerprint density at radius 1 is 0.583 bits per heavy atom. The van der Waals surface area contributed by atoms with Gasteiger partial charge in [-0.3, -0.25) is 0 Å². The molecule has 0 spiro atoms. The number of rotatable bonds is 0. The highest BCUT2D eigenvalue weighted by molar-refractivity contribution is 4.43. The molecule has 0 bridgehead atoms. The SMILES string of the molecule is C[N+]1(C)CC[N+](C)(C)CC1.[Cl-].[Cl-]. The zero-order valence-corrected chi connectivity index (χ0v) is 9.99. The van der Waals surface area contributed by atoms with Crippen LogP contribution >= 0.6 is 0 Å². The summed E-state index contributed by atoms with van der Waals surface area (Å²) in [6, 6.07) is 0. The monoisotopic (exact) mass is 214 g/mol. The minimum absolute atomic E-state index is 0. The van der Waals surface area contributed by atoms with E-state index in [0.29, 0.717) is 0 Å². The molecule has 0 aromatic heterocycles. The van der Waals surface area contributed by atoms with Crippen LogP contribution in [0.5, 0.6) is 0 Å². The van der Waals surface area contributed by atoms with E-state index in [0.717, 1.165) is 0 Å².